The van der Waals surface area contributed by atoms with Crippen molar-refractivity contribution < 1.29 is 9.59 Å². The number of nitrogens with two attached hydrogens (primary N) is 1. The third-order valence-electron chi connectivity index (χ3n) is 2.82. The van der Waals surface area contributed by atoms with Crippen molar-refractivity contribution in [2.24, 2.45) is 10.7 Å². The van der Waals surface area contributed by atoms with Crippen LogP contribution in [0.2, 0.25) is 0 Å². The van der Waals surface area contributed by atoms with Gasteiger partial charge in [-0.1, -0.05) is 40.9 Å². The molecule has 2 rings (SSSR count). The largest absolute Gasteiger partial charge is 0.370 e. The normalized spacial score (nSPS) is 21.6. The predicted molar refractivity (Wildman–Crippen MR) is 76.6 cm³/mol. The molecule has 2 amide bonds. The van der Waals surface area contributed by atoms with Crippen molar-refractivity contribution in [3.63, 3.8) is 0 Å². The van der Waals surface area contributed by atoms with Crippen molar-refractivity contribution in [1.29, 1.82) is 0 Å². The van der Waals surface area contributed by atoms with Gasteiger partial charge in [0.1, 0.15) is 0 Å². The van der Waals surface area contributed by atoms with E-state index >= 15 is 0 Å². The summed E-state index contributed by atoms with van der Waals surface area (Å²) >= 11 is 11.6. The van der Waals surface area contributed by atoms with Crippen LogP contribution in [0, 0.1) is 6.92 Å². The van der Waals surface area contributed by atoms with Crippen molar-refractivity contribution >= 4 is 41.0 Å². The Morgan fingerprint density at radius 3 is 2.45 bits per heavy atom. The third kappa shape index (κ3) is 2.57. The van der Waals surface area contributed by atoms with Gasteiger partial charge in [0, 0.05) is 5.56 Å². The van der Waals surface area contributed by atoms with Crippen LogP contribution in [-0.4, -0.2) is 28.3 Å². The van der Waals surface area contributed by atoms with Crippen LogP contribution in [0.25, 0.3) is 0 Å². The Morgan fingerprint density at radius 1 is 1.40 bits per heavy atom. The van der Waals surface area contributed by atoms with Gasteiger partial charge in [0.15, 0.2) is 10.8 Å². The highest BCUT2D eigenvalue weighted by Crippen LogP contribution is 2.26. The van der Waals surface area contributed by atoms with Gasteiger partial charge in [0.05, 0.1) is 0 Å². The minimum atomic E-state index is -1.81. The second-order valence-corrected chi connectivity index (χ2v) is 5.43. The summed E-state index contributed by atoms with van der Waals surface area (Å²) in [5.74, 6) is -1.35. The van der Waals surface area contributed by atoms with Gasteiger partial charge < -0.3 is 11.1 Å². The second-order valence-electron chi connectivity index (χ2n) is 4.34. The summed E-state index contributed by atoms with van der Waals surface area (Å²) in [6.07, 6.45) is 0. The number of alkyl halides is 2. The van der Waals surface area contributed by atoms with Crippen molar-refractivity contribution in [3.8, 4) is 0 Å². The molecule has 1 aromatic rings. The lowest BCUT2D eigenvalue weighted by molar-refractivity contribution is -0.124. The van der Waals surface area contributed by atoms with Gasteiger partial charge in [-0.2, -0.15) is 0 Å². The van der Waals surface area contributed by atoms with Crippen LogP contribution < -0.4 is 16.4 Å². The molecule has 4 N–H and O–H groups in total. The molecule has 0 bridgehead atoms. The number of hydrogen-bond donors (Lipinski definition) is 3. The number of carbonyl (C=O) groups excluding carboxylic acids is 2. The quantitative estimate of drug-likeness (QED) is 0.715. The minimum Gasteiger partial charge on any atom is -0.370 e. The van der Waals surface area contributed by atoms with E-state index in [4.69, 9.17) is 28.9 Å². The van der Waals surface area contributed by atoms with E-state index in [1.54, 1.807) is 24.3 Å². The number of benzene rings is 1. The molecule has 1 heterocycles. The number of halogens is 2. The van der Waals surface area contributed by atoms with Crippen molar-refractivity contribution in [2.75, 3.05) is 0 Å². The van der Waals surface area contributed by atoms with Gasteiger partial charge in [-0.25, -0.2) is 4.99 Å². The summed E-state index contributed by atoms with van der Waals surface area (Å²) in [5.41, 5.74) is 4.97. The van der Waals surface area contributed by atoms with Gasteiger partial charge in [-0.3, -0.25) is 14.9 Å². The molecule has 0 radical (unpaired) electrons. The molecule has 1 atom stereocenters. The maximum Gasteiger partial charge on any atom is 0.278 e. The number of nitrogens with zero attached hydrogens (tertiary/aromatic N) is 1. The van der Waals surface area contributed by atoms with Crippen LogP contribution in [0.1, 0.15) is 15.9 Å². The van der Waals surface area contributed by atoms with E-state index in [9.17, 15) is 9.59 Å². The zero-order chi connectivity index (χ0) is 14.9. The van der Waals surface area contributed by atoms with Crippen LogP contribution in [-0.2, 0) is 4.79 Å². The molecule has 0 fully saturated rings. The highest BCUT2D eigenvalue weighted by Gasteiger charge is 2.50. The average Bonchev–Trinajstić information content (AvgIpc) is 2.65. The zero-order valence-electron chi connectivity index (χ0n) is 10.5. The number of aliphatic imine (C=N–C) groups is 1. The lowest BCUT2D eigenvalue weighted by Crippen LogP contribution is -2.58. The second kappa shape index (κ2) is 5.30. The highest BCUT2D eigenvalue weighted by molar-refractivity contribution is 6.47. The topological polar surface area (TPSA) is 96.6 Å². The van der Waals surface area contributed by atoms with E-state index in [2.05, 4.69) is 15.6 Å². The fraction of sp³-hybridized carbons (Fsp3) is 0.250. The van der Waals surface area contributed by atoms with Gasteiger partial charge in [0.2, 0.25) is 5.66 Å². The maximum atomic E-state index is 12.2. The molecule has 0 saturated heterocycles. The lowest BCUT2D eigenvalue weighted by Gasteiger charge is -2.25. The number of nitrogens with one attached hydrogen (secondary N) is 2. The maximum absolute atomic E-state index is 12.2. The zero-order valence-corrected chi connectivity index (χ0v) is 12.0. The molecular weight excluding hydrogens is 303 g/mol. The van der Waals surface area contributed by atoms with Gasteiger partial charge >= 0.3 is 0 Å². The van der Waals surface area contributed by atoms with E-state index in [0.29, 0.717) is 5.56 Å². The van der Waals surface area contributed by atoms with Gasteiger partial charge in [-0.15, -0.1) is 0 Å². The summed E-state index contributed by atoms with van der Waals surface area (Å²) in [7, 11) is 0. The summed E-state index contributed by atoms with van der Waals surface area (Å²) in [4.78, 5) is 26.6. The molecule has 8 heteroatoms. The summed E-state index contributed by atoms with van der Waals surface area (Å²) < 4.78 is 0. The first-order valence-corrected chi connectivity index (χ1v) is 6.56. The predicted octanol–water partition coefficient (Wildman–Crippen LogP) is 0.669. The van der Waals surface area contributed by atoms with Crippen molar-refractivity contribution in [3.05, 3.63) is 35.4 Å². The molecule has 6 nitrogen and oxygen atoms in total. The Hall–Kier alpha value is -1.79. The number of carbonyl (C=O) groups is 2. The van der Waals surface area contributed by atoms with Gasteiger partial charge in [0.25, 0.3) is 11.8 Å². The van der Waals surface area contributed by atoms with E-state index in [1.807, 2.05) is 6.92 Å². The lowest BCUT2D eigenvalue weighted by atomic mass is 10.1. The van der Waals surface area contributed by atoms with Crippen LogP contribution in [0.4, 0.5) is 0 Å². The molecule has 106 valence electrons. The van der Waals surface area contributed by atoms with Crippen LogP contribution >= 0.6 is 23.2 Å². The Kier molecular flexibility index (Phi) is 3.87. The Morgan fingerprint density at radius 2 is 2.00 bits per heavy atom. The molecule has 20 heavy (non-hydrogen) atoms. The molecular formula is C12H12Cl2N4O2. The van der Waals surface area contributed by atoms with Crippen LogP contribution in [0.3, 0.4) is 0 Å². The summed E-state index contributed by atoms with van der Waals surface area (Å²) in [6.45, 7) is 1.89. The SMILES string of the molecule is Cc1ccc(C(=O)N[C@@]2(C(Cl)Cl)N=C(N)NC2=O)cc1. The first-order chi connectivity index (χ1) is 9.35. The molecule has 0 spiro atoms. The van der Waals surface area contributed by atoms with Crippen molar-refractivity contribution in [2.45, 2.75) is 17.4 Å². The molecule has 0 aliphatic carbocycles. The molecule has 0 unspecified atom stereocenters. The molecule has 1 aliphatic heterocycles. The summed E-state index contributed by atoms with van der Waals surface area (Å²) in [5, 5.41) is 4.69. The van der Waals surface area contributed by atoms with E-state index < -0.39 is 22.3 Å². The Balaban J connectivity index is 2.28. The molecule has 1 aromatic carbocycles. The number of hydrogen-bond acceptors (Lipinski definition) is 4. The van der Waals surface area contributed by atoms with Gasteiger partial charge in [-0.05, 0) is 19.1 Å². The fourth-order valence-electron chi connectivity index (χ4n) is 1.72. The van der Waals surface area contributed by atoms with E-state index in [0.717, 1.165) is 5.56 Å². The Bertz CT molecular complexity index is 586. The molecule has 0 aromatic heterocycles. The summed E-state index contributed by atoms with van der Waals surface area (Å²) in [6, 6.07) is 6.78. The van der Waals surface area contributed by atoms with Crippen molar-refractivity contribution in [1.82, 2.24) is 10.6 Å². The number of aryl methyl sites for hydroxylation is 1. The van der Waals surface area contributed by atoms with Crippen LogP contribution in [0.5, 0.6) is 0 Å². The minimum absolute atomic E-state index is 0.148. The Labute approximate surface area is 125 Å². The standard InChI is InChI=1S/C12H12Cl2N4O2/c1-6-2-4-7(5-3-6)8(19)17-12(9(13)14)10(20)16-11(15)18-12/h2-5,9H,1H3,(H,17,19)(H3,15,16,18,20)/t12-/m0/s1. The first-order valence-electron chi connectivity index (χ1n) is 5.69. The first kappa shape index (κ1) is 14.6. The third-order valence-corrected chi connectivity index (χ3v) is 3.45. The average molecular weight is 315 g/mol. The van der Waals surface area contributed by atoms with E-state index in [1.165, 1.54) is 0 Å². The van der Waals surface area contributed by atoms with E-state index in [-0.39, 0.29) is 5.96 Å². The monoisotopic (exact) mass is 314 g/mol. The molecule has 1 aliphatic rings. The number of rotatable bonds is 3. The molecule has 0 saturated carbocycles. The number of amides is 2. The highest BCUT2D eigenvalue weighted by atomic mass is 35.5. The number of guanidine groups is 1. The van der Waals surface area contributed by atoms with Crippen LogP contribution in [0.15, 0.2) is 29.3 Å². The smallest absolute Gasteiger partial charge is 0.278 e. The fourth-order valence-corrected chi connectivity index (χ4v) is 2.12.